The minimum Gasteiger partial charge on any atom is -0.496 e. The predicted octanol–water partition coefficient (Wildman–Crippen LogP) is 24.0. The van der Waals surface area contributed by atoms with Crippen LogP contribution in [-0.2, 0) is 0 Å². The van der Waals surface area contributed by atoms with Gasteiger partial charge in [-0.25, -0.2) is 56.7 Å². The number of rotatable bonds is 17. The monoisotopic (exact) mass is 1910 g/mol. The number of benzene rings is 6. The summed E-state index contributed by atoms with van der Waals surface area (Å²) in [4.78, 5) is 47.8. The molecule has 1 aliphatic rings. The van der Waals surface area contributed by atoms with Crippen molar-refractivity contribution in [3.05, 3.63) is 340 Å². The number of piperidine rings is 1. The number of aromatic nitrogens is 19. The highest BCUT2D eigenvalue weighted by molar-refractivity contribution is 6.31. The number of hydrogen-bond donors (Lipinski definition) is 2. The average molecular weight is 1910 g/mol. The van der Waals surface area contributed by atoms with Gasteiger partial charge < -0.3 is 29.5 Å². The Labute approximate surface area is 788 Å². The Balaban J connectivity index is 0.000000120. The molecule has 0 atom stereocenters. The molecule has 138 heavy (non-hydrogen) atoms. The molecule has 38 heteroatoms. The lowest BCUT2D eigenvalue weighted by atomic mass is 9.79. The van der Waals surface area contributed by atoms with E-state index in [1.54, 1.807) is 141 Å². The number of hydroxylamine groups is 2. The second-order valence-corrected chi connectivity index (χ2v) is 33.0. The summed E-state index contributed by atoms with van der Waals surface area (Å²) in [5.41, 5.74) is 16.8. The lowest BCUT2D eigenvalue weighted by Gasteiger charge is -2.51. The van der Waals surface area contributed by atoms with Crippen LogP contribution in [0, 0.1) is 11.6 Å². The third-order valence-electron chi connectivity index (χ3n) is 22.0. The topological polar surface area (TPSA) is 283 Å². The van der Waals surface area contributed by atoms with Gasteiger partial charge in [-0.05, 0) is 238 Å². The molecular formula is C100H75Cl2F10N21O5. The Morgan fingerprint density at radius 3 is 1.24 bits per heavy atom. The zero-order valence-electron chi connectivity index (χ0n) is 73.2. The van der Waals surface area contributed by atoms with Crippen LogP contribution < -0.4 is 24.3 Å². The quantitative estimate of drug-likeness (QED) is 0.0801. The van der Waals surface area contributed by atoms with Gasteiger partial charge in [-0.1, -0.05) is 83.9 Å². The van der Waals surface area contributed by atoms with Gasteiger partial charge in [0.2, 0.25) is 0 Å². The molecule has 14 aromatic heterocycles. The molecule has 0 amide bonds. The Morgan fingerprint density at radius 1 is 0.384 bits per heavy atom. The van der Waals surface area contributed by atoms with Crippen LogP contribution in [0.3, 0.4) is 0 Å². The van der Waals surface area contributed by atoms with Crippen molar-refractivity contribution in [3.8, 4) is 135 Å². The number of alkyl halides is 8. The van der Waals surface area contributed by atoms with Gasteiger partial charge in [0.25, 0.3) is 0 Å². The fourth-order valence-corrected chi connectivity index (χ4v) is 16.6. The standard InChI is InChI=1S/C28H29ClFN5O.C18H13ClN4O.C18H10F4N4O.C18H11F3N4O.C18H12F2N4O/c1-27(2)14-19(15-28(3,4)35(27)36)34-26-21-12-17(8-10-24(21)32-16-33-26)20-6-5-11-31-25(20)18-7-9-23(30)22(29)13-18;1-24-16-5-4-13(19)10-15(16)18-14(3-2-7-20-18)12-6-8-23-17(9-12)21-11-22-23;19-15-4-3-12(27-18(20,21)22)9-14(15)17-13(2-1-6-23-17)11-5-7-26-16(8-11)24-10-25-26;19-18(20,21)26-14-4-1-3-13(9-14)17-15(5-2-7-22-17)12-6-8-25-16(10-12)23-11-24-25;19-18(20)25-14-4-1-3-13(9-14)17-15(5-2-7-21-17)12-6-8-24-16(10-12)22-11-23-24/h5-13,16,19,36H,14-15H2,1-4H3,(H,32,33,34);2-11H,1H3;1-10H;1-11H;1-11,18H. The summed E-state index contributed by atoms with van der Waals surface area (Å²) >= 11 is 12.2. The molecule has 1 aliphatic heterocycles. The van der Waals surface area contributed by atoms with E-state index >= 15 is 0 Å². The van der Waals surface area contributed by atoms with Crippen molar-refractivity contribution in [1.82, 2.24) is 98.3 Å². The van der Waals surface area contributed by atoms with Crippen molar-refractivity contribution in [3.63, 3.8) is 0 Å². The van der Waals surface area contributed by atoms with E-state index in [0.717, 1.165) is 120 Å². The maximum atomic E-state index is 14.4. The molecule has 0 saturated carbocycles. The molecule has 1 fully saturated rings. The van der Waals surface area contributed by atoms with E-state index in [2.05, 4.69) is 101 Å². The fourth-order valence-electron chi connectivity index (χ4n) is 16.2. The first kappa shape index (κ1) is 93.5. The fraction of sp³-hybridized carbons (Fsp3) is 0.130. The molecule has 0 bridgehead atoms. The molecule has 0 spiro atoms. The van der Waals surface area contributed by atoms with Gasteiger partial charge >= 0.3 is 19.3 Å². The maximum Gasteiger partial charge on any atom is 0.573 e. The van der Waals surface area contributed by atoms with Crippen molar-refractivity contribution >= 4 is 62.5 Å². The first-order valence-electron chi connectivity index (χ1n) is 42.1. The average Bonchev–Trinajstić information content (AvgIpc) is 1.24. The number of nitrogens with one attached hydrogen (secondary N) is 1. The zero-order chi connectivity index (χ0) is 96.6. The highest BCUT2D eigenvalue weighted by Crippen LogP contribution is 2.44. The van der Waals surface area contributed by atoms with Crippen LogP contribution in [0.25, 0.3) is 145 Å². The Kier molecular flexibility index (Phi) is 27.2. The number of methoxy groups -OCH3 is 1. The number of halogens is 12. The SMILES string of the molecule is CC1(C)CC(Nc2ncnc3ccc(-c4cccnc4-c4ccc(F)c(Cl)c4)cc23)CC(C)(C)N1O.COc1ccc(Cl)cc1-c1ncccc1-c1ccn2ncnc2c1.FC(F)(F)Oc1cccc(-c2ncccc2-c2ccn3ncnc3c2)c1.FC(F)Oc1cccc(-c2ncccc2-c2ccn3ncnc3c2)c1.Fc1ccc(OC(F)(F)F)cc1-c1ncccc1-c1ccn2ncnc2c1. The minimum atomic E-state index is -4.87. The number of hydrogen-bond acceptors (Lipinski definition) is 22. The molecule has 20 aromatic rings. The first-order chi connectivity index (χ1) is 66.4. The molecular weight excluding hydrogens is 1840 g/mol. The van der Waals surface area contributed by atoms with Crippen LogP contribution in [0.1, 0.15) is 40.5 Å². The van der Waals surface area contributed by atoms with Gasteiger partial charge in [0.05, 0.1) is 46.1 Å². The predicted molar refractivity (Wildman–Crippen MR) is 500 cm³/mol. The van der Waals surface area contributed by atoms with E-state index in [9.17, 15) is 49.1 Å². The molecule has 26 nitrogen and oxygen atoms in total. The second-order valence-electron chi connectivity index (χ2n) is 32.2. The highest BCUT2D eigenvalue weighted by atomic mass is 35.5. The summed E-state index contributed by atoms with van der Waals surface area (Å²) in [7, 11) is 1.64. The Morgan fingerprint density at radius 2 is 0.790 bits per heavy atom. The van der Waals surface area contributed by atoms with E-state index < -0.39 is 36.7 Å². The van der Waals surface area contributed by atoms with E-state index in [1.807, 2.05) is 143 Å². The molecule has 0 unspecified atom stereocenters. The van der Waals surface area contributed by atoms with Gasteiger partial charge in [0, 0.05) is 139 Å². The van der Waals surface area contributed by atoms with Gasteiger partial charge in [0.1, 0.15) is 72.1 Å². The Hall–Kier alpha value is -16.3. The first-order valence-corrected chi connectivity index (χ1v) is 42.9. The molecule has 15 heterocycles. The summed E-state index contributed by atoms with van der Waals surface area (Å²) in [5.74, 6) is -0.425. The lowest BCUT2D eigenvalue weighted by molar-refractivity contribution is -0.275. The number of anilines is 1. The van der Waals surface area contributed by atoms with E-state index in [-0.39, 0.29) is 44.9 Å². The Bertz CT molecular complexity index is 7780. The van der Waals surface area contributed by atoms with E-state index in [0.29, 0.717) is 61.3 Å². The van der Waals surface area contributed by atoms with Gasteiger partial charge in [-0.15, -0.1) is 26.3 Å². The minimum absolute atomic E-state index is 0.0577. The smallest absolute Gasteiger partial charge is 0.496 e. The number of nitrogens with zero attached hydrogens (tertiary/aromatic N) is 20. The zero-order valence-corrected chi connectivity index (χ0v) is 74.7. The van der Waals surface area contributed by atoms with Crippen LogP contribution in [0.4, 0.5) is 49.7 Å². The highest BCUT2D eigenvalue weighted by Gasteiger charge is 2.45. The van der Waals surface area contributed by atoms with E-state index in [4.69, 9.17) is 27.9 Å². The van der Waals surface area contributed by atoms with Gasteiger partial charge in [-0.3, -0.25) is 24.9 Å². The normalized spacial score (nSPS) is 13.1. The van der Waals surface area contributed by atoms with Crippen molar-refractivity contribution < 1.29 is 68.1 Å². The molecule has 6 aromatic carbocycles. The summed E-state index contributed by atoms with van der Waals surface area (Å²) < 4.78 is 152. The van der Waals surface area contributed by atoms with Crippen molar-refractivity contribution in [1.29, 1.82) is 0 Å². The third-order valence-corrected chi connectivity index (χ3v) is 22.6. The third kappa shape index (κ3) is 21.7. The van der Waals surface area contributed by atoms with Gasteiger partial charge in [-0.2, -0.15) is 34.2 Å². The molecule has 2 N–H and O–H groups in total. The van der Waals surface area contributed by atoms with Crippen LogP contribution in [0.2, 0.25) is 10.0 Å². The van der Waals surface area contributed by atoms with Crippen molar-refractivity contribution in [2.24, 2.45) is 0 Å². The largest absolute Gasteiger partial charge is 0.573 e. The van der Waals surface area contributed by atoms with Crippen LogP contribution in [0.15, 0.2) is 318 Å². The molecule has 0 radical (unpaired) electrons. The van der Waals surface area contributed by atoms with Gasteiger partial charge in [0.15, 0.2) is 22.6 Å². The number of ether oxygens (including phenoxy) is 4. The van der Waals surface area contributed by atoms with Crippen molar-refractivity contribution in [2.45, 2.75) is 77.0 Å². The summed E-state index contributed by atoms with van der Waals surface area (Å²) in [6, 6.07) is 64.7. The summed E-state index contributed by atoms with van der Waals surface area (Å²) in [6.07, 6.45) is 14.6. The lowest BCUT2D eigenvalue weighted by Crippen LogP contribution is -2.61. The molecule has 1 saturated heterocycles. The van der Waals surface area contributed by atoms with Crippen LogP contribution in [-0.4, -0.2) is 147 Å². The molecule has 21 rings (SSSR count). The van der Waals surface area contributed by atoms with Crippen LogP contribution in [0.5, 0.6) is 23.0 Å². The van der Waals surface area contributed by atoms with E-state index in [1.165, 1.54) is 66.9 Å². The maximum absolute atomic E-state index is 14.4. The number of fused-ring (bicyclic) bond motifs is 5. The van der Waals surface area contributed by atoms with Crippen LogP contribution >= 0.6 is 23.2 Å². The summed E-state index contributed by atoms with van der Waals surface area (Å²) in [5, 5.41) is 33.6. The summed E-state index contributed by atoms with van der Waals surface area (Å²) in [6.45, 7) is 5.32. The van der Waals surface area contributed by atoms with Crippen molar-refractivity contribution in [2.75, 3.05) is 12.4 Å². The second kappa shape index (κ2) is 40.1. The molecule has 694 valence electrons. The molecule has 0 aliphatic carbocycles. The number of pyridine rings is 9.